The average molecular weight is 287 g/mol. The van der Waals surface area contributed by atoms with E-state index in [1.165, 1.54) is 38.5 Å². The summed E-state index contributed by atoms with van der Waals surface area (Å²) in [5.41, 5.74) is 1.71. The summed E-state index contributed by atoms with van der Waals surface area (Å²) in [6.07, 6.45) is 13.5. The zero-order valence-electron chi connectivity index (χ0n) is 12.7. The van der Waals surface area contributed by atoms with Crippen LogP contribution in [0.25, 0.3) is 0 Å². The third-order valence-corrected chi connectivity index (χ3v) is 4.60. The molecular formula is C17H25N3O. The van der Waals surface area contributed by atoms with E-state index in [9.17, 15) is 4.79 Å². The molecule has 1 aromatic heterocycles. The number of pyridine rings is 1. The van der Waals surface area contributed by atoms with Crippen molar-refractivity contribution in [3.8, 4) is 0 Å². The molecule has 1 aliphatic carbocycles. The molecule has 2 fully saturated rings. The molecule has 2 heterocycles. The summed E-state index contributed by atoms with van der Waals surface area (Å²) < 4.78 is 0. The fourth-order valence-corrected chi connectivity index (χ4v) is 3.40. The summed E-state index contributed by atoms with van der Waals surface area (Å²) in [4.78, 5) is 18.6. The molecule has 2 aliphatic rings. The van der Waals surface area contributed by atoms with Crippen molar-refractivity contribution in [1.29, 1.82) is 0 Å². The van der Waals surface area contributed by atoms with Crippen LogP contribution in [0.1, 0.15) is 61.7 Å². The number of carbonyl (C=O) groups is 1. The summed E-state index contributed by atoms with van der Waals surface area (Å²) in [5.74, 6) is 0.129. The summed E-state index contributed by atoms with van der Waals surface area (Å²) in [6, 6.07) is 2.50. The Morgan fingerprint density at radius 2 is 1.76 bits per heavy atom. The number of hydrogen-bond donors (Lipinski definition) is 1. The highest BCUT2D eigenvalue weighted by atomic mass is 16.2. The number of hydrogen-bond acceptors (Lipinski definition) is 3. The van der Waals surface area contributed by atoms with E-state index in [1.807, 2.05) is 17.2 Å². The van der Waals surface area contributed by atoms with Crippen LogP contribution in [0.5, 0.6) is 0 Å². The quantitative estimate of drug-likeness (QED) is 0.866. The molecule has 114 valence electrons. The molecule has 3 rings (SSSR count). The minimum absolute atomic E-state index is 0.129. The highest BCUT2D eigenvalue weighted by molar-refractivity contribution is 5.94. The molecule has 0 unspecified atom stereocenters. The Balaban J connectivity index is 1.66. The molecule has 21 heavy (non-hydrogen) atoms. The van der Waals surface area contributed by atoms with Crippen molar-refractivity contribution in [3.63, 3.8) is 0 Å². The third kappa shape index (κ3) is 3.74. The van der Waals surface area contributed by atoms with Gasteiger partial charge in [0.2, 0.25) is 0 Å². The first-order valence-electron chi connectivity index (χ1n) is 8.34. The standard InChI is InChI=1S/C17H25N3O/c21-17(20-9-5-6-10-20)14-11-16(13-18-12-14)19-15-7-3-1-2-4-8-15/h11-13,15,19H,1-10H2. The zero-order valence-corrected chi connectivity index (χ0v) is 12.7. The van der Waals surface area contributed by atoms with Gasteiger partial charge in [-0.15, -0.1) is 0 Å². The molecule has 0 aromatic carbocycles. The van der Waals surface area contributed by atoms with Crippen LogP contribution in [0.3, 0.4) is 0 Å². The van der Waals surface area contributed by atoms with Gasteiger partial charge in [0.05, 0.1) is 11.3 Å². The van der Waals surface area contributed by atoms with E-state index in [4.69, 9.17) is 0 Å². The van der Waals surface area contributed by atoms with Crippen molar-refractivity contribution in [1.82, 2.24) is 9.88 Å². The van der Waals surface area contributed by atoms with Gasteiger partial charge in [0.1, 0.15) is 0 Å². The van der Waals surface area contributed by atoms with Crippen LogP contribution in [-0.2, 0) is 0 Å². The molecule has 1 N–H and O–H groups in total. The molecule has 4 nitrogen and oxygen atoms in total. The SMILES string of the molecule is O=C(c1cncc(NC2CCCCCC2)c1)N1CCCC1. The van der Waals surface area contributed by atoms with Gasteiger partial charge in [0.25, 0.3) is 5.91 Å². The van der Waals surface area contributed by atoms with E-state index in [1.54, 1.807) is 6.20 Å². The van der Waals surface area contributed by atoms with Gasteiger partial charge in [-0.2, -0.15) is 0 Å². The molecule has 1 amide bonds. The second-order valence-electron chi connectivity index (χ2n) is 6.29. The van der Waals surface area contributed by atoms with Gasteiger partial charge < -0.3 is 10.2 Å². The number of nitrogens with one attached hydrogen (secondary N) is 1. The predicted molar refractivity (Wildman–Crippen MR) is 84.5 cm³/mol. The van der Waals surface area contributed by atoms with Gasteiger partial charge >= 0.3 is 0 Å². The van der Waals surface area contributed by atoms with E-state index in [0.29, 0.717) is 6.04 Å². The van der Waals surface area contributed by atoms with Crippen molar-refractivity contribution in [2.45, 2.75) is 57.4 Å². The van der Waals surface area contributed by atoms with Crippen LogP contribution in [0.4, 0.5) is 5.69 Å². The first kappa shape index (κ1) is 14.4. The number of aromatic nitrogens is 1. The van der Waals surface area contributed by atoms with Crippen LogP contribution in [-0.4, -0.2) is 34.9 Å². The average Bonchev–Trinajstić information content (AvgIpc) is 2.93. The fourth-order valence-electron chi connectivity index (χ4n) is 3.40. The number of amides is 1. The lowest BCUT2D eigenvalue weighted by Crippen LogP contribution is -2.28. The highest BCUT2D eigenvalue weighted by Crippen LogP contribution is 2.22. The molecule has 1 saturated heterocycles. The maximum Gasteiger partial charge on any atom is 0.255 e. The third-order valence-electron chi connectivity index (χ3n) is 4.60. The first-order chi connectivity index (χ1) is 10.3. The van der Waals surface area contributed by atoms with Gasteiger partial charge in [0, 0.05) is 31.5 Å². The Labute approximate surface area is 126 Å². The lowest BCUT2D eigenvalue weighted by atomic mass is 10.1. The van der Waals surface area contributed by atoms with Crippen molar-refractivity contribution in [3.05, 3.63) is 24.0 Å². The van der Waals surface area contributed by atoms with Crippen LogP contribution < -0.4 is 5.32 Å². The molecule has 0 bridgehead atoms. The molecule has 1 aromatic rings. The highest BCUT2D eigenvalue weighted by Gasteiger charge is 2.20. The zero-order chi connectivity index (χ0) is 14.5. The number of carbonyl (C=O) groups excluding carboxylic acids is 1. The minimum atomic E-state index is 0.129. The van der Waals surface area contributed by atoms with Crippen LogP contribution in [0.2, 0.25) is 0 Å². The fraction of sp³-hybridized carbons (Fsp3) is 0.647. The molecular weight excluding hydrogens is 262 g/mol. The lowest BCUT2D eigenvalue weighted by Gasteiger charge is -2.19. The van der Waals surface area contributed by atoms with Crippen molar-refractivity contribution in [2.24, 2.45) is 0 Å². The van der Waals surface area contributed by atoms with Gasteiger partial charge in [0.15, 0.2) is 0 Å². The topological polar surface area (TPSA) is 45.2 Å². The Hall–Kier alpha value is -1.58. The maximum absolute atomic E-state index is 12.4. The van der Waals surface area contributed by atoms with Crippen molar-refractivity contribution >= 4 is 11.6 Å². The van der Waals surface area contributed by atoms with Crippen LogP contribution in [0, 0.1) is 0 Å². The van der Waals surface area contributed by atoms with E-state index in [2.05, 4.69) is 10.3 Å². The smallest absolute Gasteiger partial charge is 0.255 e. The Morgan fingerprint density at radius 1 is 1.05 bits per heavy atom. The molecule has 0 radical (unpaired) electrons. The largest absolute Gasteiger partial charge is 0.381 e. The first-order valence-corrected chi connectivity index (χ1v) is 8.34. The molecule has 1 aliphatic heterocycles. The summed E-state index contributed by atoms with van der Waals surface area (Å²) in [6.45, 7) is 1.78. The monoisotopic (exact) mass is 287 g/mol. The number of nitrogens with zero attached hydrogens (tertiary/aromatic N) is 2. The summed E-state index contributed by atoms with van der Waals surface area (Å²) in [7, 11) is 0. The Kier molecular flexibility index (Phi) is 4.73. The molecule has 4 heteroatoms. The van der Waals surface area contributed by atoms with Gasteiger partial charge in [-0.3, -0.25) is 9.78 Å². The molecule has 1 saturated carbocycles. The molecule has 0 spiro atoms. The normalized spacial score (nSPS) is 20.3. The number of anilines is 1. The van der Waals surface area contributed by atoms with E-state index in [-0.39, 0.29) is 5.91 Å². The molecule has 0 atom stereocenters. The van der Waals surface area contributed by atoms with Gasteiger partial charge in [-0.25, -0.2) is 0 Å². The number of rotatable bonds is 3. The van der Waals surface area contributed by atoms with Crippen LogP contribution in [0.15, 0.2) is 18.5 Å². The maximum atomic E-state index is 12.4. The minimum Gasteiger partial charge on any atom is -0.381 e. The van der Waals surface area contributed by atoms with Gasteiger partial charge in [-0.1, -0.05) is 25.7 Å². The summed E-state index contributed by atoms with van der Waals surface area (Å²) in [5, 5.41) is 3.57. The summed E-state index contributed by atoms with van der Waals surface area (Å²) >= 11 is 0. The Bertz CT molecular complexity index is 475. The second kappa shape index (κ2) is 6.92. The van der Waals surface area contributed by atoms with E-state index < -0.39 is 0 Å². The lowest BCUT2D eigenvalue weighted by molar-refractivity contribution is 0.0792. The Morgan fingerprint density at radius 3 is 2.48 bits per heavy atom. The van der Waals surface area contributed by atoms with Gasteiger partial charge in [-0.05, 0) is 31.7 Å². The second-order valence-corrected chi connectivity index (χ2v) is 6.29. The predicted octanol–water partition coefficient (Wildman–Crippen LogP) is 3.45. The van der Waals surface area contributed by atoms with Crippen molar-refractivity contribution in [2.75, 3.05) is 18.4 Å². The van der Waals surface area contributed by atoms with Crippen molar-refractivity contribution < 1.29 is 4.79 Å². The van der Waals surface area contributed by atoms with E-state index in [0.717, 1.165) is 37.2 Å². The van der Waals surface area contributed by atoms with E-state index >= 15 is 0 Å². The van der Waals surface area contributed by atoms with Crippen LogP contribution >= 0.6 is 0 Å². The number of likely N-dealkylation sites (tertiary alicyclic amines) is 1.